The molecule has 2 rings (SSSR count). The number of rotatable bonds is 4. The van der Waals surface area contributed by atoms with Gasteiger partial charge in [0.1, 0.15) is 0 Å². The molecule has 4 nitrogen and oxygen atoms in total. The van der Waals surface area contributed by atoms with Gasteiger partial charge in [0.05, 0.1) is 5.41 Å². The first-order valence-electron chi connectivity index (χ1n) is 8.35. The lowest BCUT2D eigenvalue weighted by molar-refractivity contribution is -0.143. The van der Waals surface area contributed by atoms with Crippen molar-refractivity contribution in [3.63, 3.8) is 0 Å². The Hall–Kier alpha value is -0.610. The maximum Gasteiger partial charge on any atom is 0.229 e. The topological polar surface area (TPSA) is 35.6 Å². The molecule has 4 heteroatoms. The number of nitrogens with zero attached hydrogens (tertiary/aromatic N) is 2. The summed E-state index contributed by atoms with van der Waals surface area (Å²) in [4.78, 5) is 17.4. The summed E-state index contributed by atoms with van der Waals surface area (Å²) in [6.07, 6.45) is 4.43. The number of nitrogens with one attached hydrogen (secondary N) is 1. The smallest absolute Gasteiger partial charge is 0.229 e. The molecule has 2 aliphatic rings. The van der Waals surface area contributed by atoms with E-state index in [1.807, 2.05) is 0 Å². The molecule has 20 heavy (non-hydrogen) atoms. The average Bonchev–Trinajstić information content (AvgIpc) is 2.49. The molecule has 116 valence electrons. The zero-order valence-electron chi connectivity index (χ0n) is 13.5. The largest absolute Gasteiger partial charge is 0.342 e. The van der Waals surface area contributed by atoms with Crippen LogP contribution in [0.4, 0.5) is 0 Å². The summed E-state index contributed by atoms with van der Waals surface area (Å²) in [5.74, 6) is 0.377. The van der Waals surface area contributed by atoms with E-state index in [0.717, 1.165) is 65.0 Å². The van der Waals surface area contributed by atoms with Crippen LogP contribution in [0.3, 0.4) is 0 Å². The third-order valence-corrected chi connectivity index (χ3v) is 5.19. The van der Waals surface area contributed by atoms with Crippen LogP contribution in [0.1, 0.15) is 46.5 Å². The van der Waals surface area contributed by atoms with Crippen molar-refractivity contribution in [1.82, 2.24) is 15.1 Å². The summed E-state index contributed by atoms with van der Waals surface area (Å²) in [6, 6.07) is 0.673. The molecule has 1 atom stereocenters. The van der Waals surface area contributed by atoms with Crippen molar-refractivity contribution in [2.45, 2.75) is 52.5 Å². The van der Waals surface area contributed by atoms with Gasteiger partial charge in [-0.05, 0) is 52.2 Å². The van der Waals surface area contributed by atoms with Crippen LogP contribution in [0.25, 0.3) is 0 Å². The third-order valence-electron chi connectivity index (χ3n) is 5.19. The molecule has 0 bridgehead atoms. The van der Waals surface area contributed by atoms with Gasteiger partial charge in [0.2, 0.25) is 5.91 Å². The standard InChI is InChI=1S/C16H31N3O/c1-4-18(5-2)14-7-11-19(12-8-14)15(20)16(3)9-6-10-17-13-16/h14,17H,4-13H2,1-3H3. The predicted octanol–water partition coefficient (Wildman–Crippen LogP) is 1.71. The van der Waals surface area contributed by atoms with Gasteiger partial charge in [-0.15, -0.1) is 0 Å². The summed E-state index contributed by atoms with van der Waals surface area (Å²) in [6.45, 7) is 12.6. The molecule has 0 aliphatic carbocycles. The van der Waals surface area contributed by atoms with Crippen molar-refractivity contribution in [3.05, 3.63) is 0 Å². The van der Waals surface area contributed by atoms with Gasteiger partial charge in [-0.25, -0.2) is 0 Å². The minimum absolute atomic E-state index is 0.166. The fourth-order valence-electron chi connectivity index (χ4n) is 3.79. The van der Waals surface area contributed by atoms with Crippen molar-refractivity contribution < 1.29 is 4.79 Å². The number of likely N-dealkylation sites (tertiary alicyclic amines) is 1. The molecule has 2 saturated heterocycles. The van der Waals surface area contributed by atoms with Gasteiger partial charge in [-0.1, -0.05) is 13.8 Å². The average molecular weight is 281 g/mol. The molecule has 0 radical (unpaired) electrons. The first-order valence-corrected chi connectivity index (χ1v) is 8.35. The molecular formula is C16H31N3O. The molecule has 0 saturated carbocycles. The molecule has 0 spiro atoms. The molecule has 0 aromatic carbocycles. The van der Waals surface area contributed by atoms with Crippen molar-refractivity contribution in [3.8, 4) is 0 Å². The monoisotopic (exact) mass is 281 g/mol. The molecular weight excluding hydrogens is 250 g/mol. The third kappa shape index (κ3) is 3.34. The predicted molar refractivity (Wildman–Crippen MR) is 82.7 cm³/mol. The van der Waals surface area contributed by atoms with Crippen LogP contribution in [0.2, 0.25) is 0 Å². The zero-order valence-corrected chi connectivity index (χ0v) is 13.5. The molecule has 2 fully saturated rings. The lowest BCUT2D eigenvalue weighted by atomic mass is 9.81. The van der Waals surface area contributed by atoms with Crippen molar-refractivity contribution >= 4 is 5.91 Å². The molecule has 1 unspecified atom stereocenters. The highest BCUT2D eigenvalue weighted by Crippen LogP contribution is 2.29. The van der Waals surface area contributed by atoms with Crippen LogP contribution in [-0.4, -0.2) is 61.0 Å². The van der Waals surface area contributed by atoms with Gasteiger partial charge < -0.3 is 15.1 Å². The van der Waals surface area contributed by atoms with E-state index in [1.165, 1.54) is 0 Å². The van der Waals surface area contributed by atoms with Crippen LogP contribution in [0.15, 0.2) is 0 Å². The first kappa shape index (κ1) is 15.8. The Kier molecular flexibility index (Phi) is 5.44. The molecule has 0 aromatic rings. The minimum atomic E-state index is -0.166. The zero-order chi connectivity index (χ0) is 14.6. The lowest BCUT2D eigenvalue weighted by Crippen LogP contribution is -2.54. The van der Waals surface area contributed by atoms with Crippen LogP contribution in [0.5, 0.6) is 0 Å². The highest BCUT2D eigenvalue weighted by molar-refractivity contribution is 5.82. The SMILES string of the molecule is CCN(CC)C1CCN(C(=O)C2(C)CCCNC2)CC1. The highest BCUT2D eigenvalue weighted by Gasteiger charge is 2.39. The number of carbonyl (C=O) groups excluding carboxylic acids is 1. The fourth-order valence-corrected chi connectivity index (χ4v) is 3.79. The van der Waals surface area contributed by atoms with Gasteiger partial charge in [-0.2, -0.15) is 0 Å². The Morgan fingerprint density at radius 2 is 1.95 bits per heavy atom. The summed E-state index contributed by atoms with van der Waals surface area (Å²) in [7, 11) is 0. The maximum absolute atomic E-state index is 12.8. The van der Waals surface area contributed by atoms with E-state index in [-0.39, 0.29) is 5.41 Å². The van der Waals surface area contributed by atoms with E-state index in [2.05, 4.69) is 35.9 Å². The van der Waals surface area contributed by atoms with Crippen LogP contribution in [0, 0.1) is 5.41 Å². The summed E-state index contributed by atoms with van der Waals surface area (Å²) in [5.41, 5.74) is -0.166. The van der Waals surface area contributed by atoms with Gasteiger partial charge in [-0.3, -0.25) is 4.79 Å². The van der Waals surface area contributed by atoms with Gasteiger partial charge in [0.15, 0.2) is 0 Å². The molecule has 2 aliphatic heterocycles. The Morgan fingerprint density at radius 1 is 1.30 bits per heavy atom. The Bertz CT molecular complexity index is 314. The number of amides is 1. The lowest BCUT2D eigenvalue weighted by Gasteiger charge is -2.42. The Balaban J connectivity index is 1.88. The van der Waals surface area contributed by atoms with Crippen LogP contribution < -0.4 is 5.32 Å². The minimum Gasteiger partial charge on any atom is -0.342 e. The molecule has 0 aromatic heterocycles. The quantitative estimate of drug-likeness (QED) is 0.852. The fraction of sp³-hybridized carbons (Fsp3) is 0.938. The van der Waals surface area contributed by atoms with E-state index in [9.17, 15) is 4.79 Å². The maximum atomic E-state index is 12.8. The Morgan fingerprint density at radius 3 is 2.45 bits per heavy atom. The van der Waals surface area contributed by atoms with E-state index >= 15 is 0 Å². The second-order valence-corrected chi connectivity index (χ2v) is 6.59. The second-order valence-electron chi connectivity index (χ2n) is 6.59. The number of hydrogen-bond acceptors (Lipinski definition) is 3. The normalized spacial score (nSPS) is 28.9. The van der Waals surface area contributed by atoms with E-state index in [0.29, 0.717) is 11.9 Å². The van der Waals surface area contributed by atoms with Crippen molar-refractivity contribution in [2.24, 2.45) is 5.41 Å². The summed E-state index contributed by atoms with van der Waals surface area (Å²) in [5, 5.41) is 3.38. The van der Waals surface area contributed by atoms with E-state index < -0.39 is 0 Å². The van der Waals surface area contributed by atoms with Crippen LogP contribution >= 0.6 is 0 Å². The van der Waals surface area contributed by atoms with Crippen molar-refractivity contribution in [1.29, 1.82) is 0 Å². The van der Waals surface area contributed by atoms with Crippen molar-refractivity contribution in [2.75, 3.05) is 39.3 Å². The first-order chi connectivity index (χ1) is 9.60. The summed E-state index contributed by atoms with van der Waals surface area (Å²) >= 11 is 0. The van der Waals surface area contributed by atoms with Crippen LogP contribution in [-0.2, 0) is 4.79 Å². The Labute approximate surface area is 123 Å². The van der Waals surface area contributed by atoms with Gasteiger partial charge in [0, 0.05) is 25.7 Å². The van der Waals surface area contributed by atoms with E-state index in [1.54, 1.807) is 0 Å². The second kappa shape index (κ2) is 6.90. The number of hydrogen-bond donors (Lipinski definition) is 1. The van der Waals surface area contributed by atoms with E-state index in [4.69, 9.17) is 0 Å². The van der Waals surface area contributed by atoms with Gasteiger partial charge in [0.25, 0.3) is 0 Å². The number of piperidine rings is 2. The van der Waals surface area contributed by atoms with Gasteiger partial charge >= 0.3 is 0 Å². The summed E-state index contributed by atoms with van der Waals surface area (Å²) < 4.78 is 0. The molecule has 2 heterocycles. The highest BCUT2D eigenvalue weighted by atomic mass is 16.2. The molecule has 1 amide bonds. The number of carbonyl (C=O) groups is 1. The molecule has 1 N–H and O–H groups in total.